The van der Waals surface area contributed by atoms with Crippen LogP contribution in [0.25, 0.3) is 0 Å². The molecule has 1 heterocycles. The van der Waals surface area contributed by atoms with Gasteiger partial charge in [-0.25, -0.2) is 0 Å². The minimum absolute atomic E-state index is 0.107. The van der Waals surface area contributed by atoms with Gasteiger partial charge in [0.25, 0.3) is 0 Å². The zero-order chi connectivity index (χ0) is 12.3. The normalized spacial score (nSPS) is 21.4. The maximum Gasteiger partial charge on any atom is 0.233 e. The Balaban J connectivity index is 2.16. The first-order chi connectivity index (χ1) is 8.19. The second-order valence-corrected chi connectivity index (χ2v) is 5.32. The molecule has 1 aromatic heterocycles. The summed E-state index contributed by atoms with van der Waals surface area (Å²) in [6.45, 7) is 4.37. The molecule has 0 radical (unpaired) electrons. The summed E-state index contributed by atoms with van der Waals surface area (Å²) in [6, 6.07) is 0.184. The van der Waals surface area contributed by atoms with Crippen molar-refractivity contribution in [2.24, 2.45) is 0 Å². The Hall–Kier alpha value is -0.900. The second-order valence-electron chi connectivity index (χ2n) is 5.32. The highest BCUT2D eigenvalue weighted by atomic mass is 16.4. The molecular weight excluding hydrogens is 214 g/mol. The van der Waals surface area contributed by atoms with Crippen LogP contribution in [0, 0.1) is 0 Å². The van der Waals surface area contributed by atoms with E-state index in [0.717, 1.165) is 18.2 Å². The molecule has 1 aromatic rings. The molecular formula is C13H23N3O. The summed E-state index contributed by atoms with van der Waals surface area (Å²) >= 11 is 0. The number of nitrogens with one attached hydrogen (secondary N) is 1. The lowest BCUT2D eigenvalue weighted by atomic mass is 9.76. The minimum Gasteiger partial charge on any atom is -0.423 e. The molecule has 1 fully saturated rings. The van der Waals surface area contributed by atoms with Gasteiger partial charge >= 0.3 is 0 Å². The van der Waals surface area contributed by atoms with Crippen LogP contribution in [-0.2, 0) is 5.41 Å². The molecule has 0 bridgehead atoms. The van der Waals surface area contributed by atoms with E-state index in [-0.39, 0.29) is 11.5 Å². The standard InChI is InChI=1S/C13H23N3O/c1-4-10(14-3)11-15-16-12(17-11)13(2)8-6-5-7-9-13/h10,14H,4-9H2,1-3H3. The molecule has 1 unspecified atom stereocenters. The van der Waals surface area contributed by atoms with Crippen LogP contribution in [0.3, 0.4) is 0 Å². The lowest BCUT2D eigenvalue weighted by molar-refractivity contribution is 0.246. The maximum atomic E-state index is 5.89. The van der Waals surface area contributed by atoms with E-state index < -0.39 is 0 Å². The third-order valence-corrected chi connectivity index (χ3v) is 3.97. The largest absolute Gasteiger partial charge is 0.423 e. The summed E-state index contributed by atoms with van der Waals surface area (Å²) in [5.41, 5.74) is 0.107. The zero-order valence-corrected chi connectivity index (χ0v) is 11.1. The number of aromatic nitrogens is 2. The van der Waals surface area contributed by atoms with Crippen LogP contribution in [0.1, 0.15) is 70.2 Å². The van der Waals surface area contributed by atoms with E-state index in [9.17, 15) is 0 Å². The highest BCUT2D eigenvalue weighted by Crippen LogP contribution is 2.38. The van der Waals surface area contributed by atoms with E-state index in [4.69, 9.17) is 4.42 Å². The third-order valence-electron chi connectivity index (χ3n) is 3.97. The predicted octanol–water partition coefficient (Wildman–Crippen LogP) is 2.96. The average Bonchev–Trinajstić information content (AvgIpc) is 2.82. The molecule has 17 heavy (non-hydrogen) atoms. The van der Waals surface area contributed by atoms with Crippen molar-refractivity contribution in [1.82, 2.24) is 15.5 Å². The van der Waals surface area contributed by atoms with Crippen LogP contribution in [0.15, 0.2) is 4.42 Å². The average molecular weight is 237 g/mol. The summed E-state index contributed by atoms with van der Waals surface area (Å²) in [4.78, 5) is 0. The Labute approximate surface area is 103 Å². The highest BCUT2D eigenvalue weighted by Gasteiger charge is 2.34. The van der Waals surface area contributed by atoms with Gasteiger partial charge in [-0.3, -0.25) is 0 Å². The number of hydrogen-bond acceptors (Lipinski definition) is 4. The Kier molecular flexibility index (Phi) is 3.82. The summed E-state index contributed by atoms with van der Waals surface area (Å²) < 4.78 is 5.89. The molecule has 0 amide bonds. The van der Waals surface area contributed by atoms with Gasteiger partial charge in [-0.1, -0.05) is 33.1 Å². The first kappa shape index (κ1) is 12.6. The van der Waals surface area contributed by atoms with Crippen molar-refractivity contribution in [3.05, 3.63) is 11.8 Å². The molecule has 0 aromatic carbocycles. The first-order valence-electron chi connectivity index (χ1n) is 6.71. The lowest BCUT2D eigenvalue weighted by Crippen LogP contribution is -2.25. The summed E-state index contributed by atoms with van der Waals surface area (Å²) in [5, 5.41) is 11.7. The molecule has 0 saturated heterocycles. The molecule has 2 rings (SSSR count). The molecule has 96 valence electrons. The van der Waals surface area contributed by atoms with Crippen molar-refractivity contribution in [2.75, 3.05) is 7.05 Å². The molecule has 0 spiro atoms. The van der Waals surface area contributed by atoms with Gasteiger partial charge in [-0.15, -0.1) is 10.2 Å². The smallest absolute Gasteiger partial charge is 0.233 e. The van der Waals surface area contributed by atoms with Crippen LogP contribution in [-0.4, -0.2) is 17.2 Å². The van der Waals surface area contributed by atoms with Crippen molar-refractivity contribution < 1.29 is 4.42 Å². The van der Waals surface area contributed by atoms with E-state index >= 15 is 0 Å². The van der Waals surface area contributed by atoms with Gasteiger partial charge in [0.2, 0.25) is 11.8 Å². The van der Waals surface area contributed by atoms with E-state index in [0.29, 0.717) is 0 Å². The van der Waals surface area contributed by atoms with Crippen molar-refractivity contribution in [3.8, 4) is 0 Å². The highest BCUT2D eigenvalue weighted by molar-refractivity contribution is 5.04. The molecule has 4 nitrogen and oxygen atoms in total. The van der Waals surface area contributed by atoms with Crippen LogP contribution in [0.2, 0.25) is 0 Å². The molecule has 1 aliphatic rings. The van der Waals surface area contributed by atoms with Gasteiger partial charge in [-0.2, -0.15) is 0 Å². The van der Waals surface area contributed by atoms with Gasteiger partial charge < -0.3 is 9.73 Å². The Bertz CT molecular complexity index is 351. The van der Waals surface area contributed by atoms with Crippen molar-refractivity contribution >= 4 is 0 Å². The van der Waals surface area contributed by atoms with Gasteiger partial charge in [0.1, 0.15) is 0 Å². The minimum atomic E-state index is 0.107. The Morgan fingerprint density at radius 2 is 2.00 bits per heavy atom. The fraction of sp³-hybridized carbons (Fsp3) is 0.846. The molecule has 1 aliphatic carbocycles. The quantitative estimate of drug-likeness (QED) is 0.874. The summed E-state index contributed by atoms with van der Waals surface area (Å²) in [7, 11) is 1.93. The third kappa shape index (κ3) is 2.51. The van der Waals surface area contributed by atoms with Gasteiger partial charge in [-0.05, 0) is 26.3 Å². The zero-order valence-electron chi connectivity index (χ0n) is 11.1. The molecule has 1 N–H and O–H groups in total. The predicted molar refractivity (Wildman–Crippen MR) is 66.8 cm³/mol. The van der Waals surface area contributed by atoms with Gasteiger partial charge in [0.05, 0.1) is 6.04 Å². The fourth-order valence-corrected chi connectivity index (χ4v) is 2.67. The number of hydrogen-bond donors (Lipinski definition) is 1. The molecule has 1 saturated carbocycles. The Morgan fingerprint density at radius 1 is 1.29 bits per heavy atom. The topological polar surface area (TPSA) is 51.0 Å². The van der Waals surface area contributed by atoms with Gasteiger partial charge in [0.15, 0.2) is 0 Å². The number of rotatable bonds is 4. The van der Waals surface area contributed by atoms with E-state index in [2.05, 4.69) is 29.4 Å². The molecule has 4 heteroatoms. The van der Waals surface area contributed by atoms with Crippen molar-refractivity contribution in [1.29, 1.82) is 0 Å². The van der Waals surface area contributed by atoms with Crippen LogP contribution >= 0.6 is 0 Å². The van der Waals surface area contributed by atoms with E-state index in [1.165, 1.54) is 32.1 Å². The lowest BCUT2D eigenvalue weighted by Gasteiger charge is -2.29. The van der Waals surface area contributed by atoms with Crippen LogP contribution in [0.4, 0.5) is 0 Å². The summed E-state index contributed by atoms with van der Waals surface area (Å²) in [6.07, 6.45) is 7.20. The maximum absolute atomic E-state index is 5.89. The van der Waals surface area contributed by atoms with Gasteiger partial charge in [0, 0.05) is 5.41 Å². The first-order valence-corrected chi connectivity index (χ1v) is 6.71. The summed E-state index contributed by atoms with van der Waals surface area (Å²) in [5.74, 6) is 1.57. The monoisotopic (exact) mass is 237 g/mol. The van der Waals surface area contributed by atoms with Crippen LogP contribution in [0.5, 0.6) is 0 Å². The van der Waals surface area contributed by atoms with Crippen molar-refractivity contribution in [3.63, 3.8) is 0 Å². The fourth-order valence-electron chi connectivity index (χ4n) is 2.67. The van der Waals surface area contributed by atoms with Crippen LogP contribution < -0.4 is 5.32 Å². The number of nitrogens with zero attached hydrogens (tertiary/aromatic N) is 2. The Morgan fingerprint density at radius 3 is 2.59 bits per heavy atom. The van der Waals surface area contributed by atoms with E-state index in [1.807, 2.05) is 7.05 Å². The second kappa shape index (κ2) is 5.17. The van der Waals surface area contributed by atoms with E-state index in [1.54, 1.807) is 0 Å². The SMILES string of the molecule is CCC(NC)c1nnc(C2(C)CCCCC2)o1. The van der Waals surface area contributed by atoms with Crippen molar-refractivity contribution in [2.45, 2.75) is 63.8 Å². The molecule has 0 aliphatic heterocycles. The molecule has 1 atom stereocenters.